The van der Waals surface area contributed by atoms with Gasteiger partial charge in [0, 0.05) is 45.8 Å². The van der Waals surface area contributed by atoms with Gasteiger partial charge in [-0.15, -0.1) is 0 Å². The number of nitrogens with zero attached hydrogens (tertiary/aromatic N) is 1. The molecular weight excluding hydrogens is 679 g/mol. The highest BCUT2D eigenvalue weighted by Crippen LogP contribution is 2.48. The maximum absolute atomic E-state index is 14.6. The van der Waals surface area contributed by atoms with E-state index in [0.717, 1.165) is 17.5 Å². The molecule has 2 amide bonds. The molecule has 1 aromatic rings. The molecule has 1 rings (SSSR count). The molecule has 0 fully saturated rings. The molecule has 2 unspecified atom stereocenters. The molecule has 0 aromatic heterocycles. The van der Waals surface area contributed by atoms with Gasteiger partial charge in [-0.1, -0.05) is 81.2 Å². The van der Waals surface area contributed by atoms with Crippen molar-refractivity contribution < 1.29 is 39.5 Å². The van der Waals surface area contributed by atoms with Crippen molar-refractivity contribution in [2.45, 2.75) is 141 Å². The molecule has 3 N–H and O–H groups in total. The second-order valence-corrected chi connectivity index (χ2v) is 17.7. The average Bonchev–Trinajstić information content (AvgIpc) is 3.08. The van der Waals surface area contributed by atoms with Crippen molar-refractivity contribution in [3.8, 4) is 11.5 Å². The third-order valence-corrected chi connectivity index (χ3v) is 11.6. The Hall–Kier alpha value is -2.36. The number of nitrogens with two attached hydrogens (primary N) is 1. The number of carbonyl (C=O) groups excluding carboxylic acids is 2. The fraction of sp³-hybridized carbons (Fsp3) is 0.822. The number of benzene rings is 1. The van der Waals surface area contributed by atoms with Gasteiger partial charge in [-0.3, -0.25) is 9.59 Å². The van der Waals surface area contributed by atoms with Crippen LogP contribution in [0.1, 0.15) is 138 Å². The first-order valence-corrected chi connectivity index (χ1v) is 19.8. The summed E-state index contributed by atoms with van der Waals surface area (Å²) in [6.45, 7) is 15.3. The minimum Gasteiger partial charge on any atom is -0.490 e. The molecule has 314 valence electrons. The Balaban J connectivity index is 4.05. The molecule has 0 spiro atoms. The molecule has 0 saturated heterocycles. The minimum atomic E-state index is -3.75. The van der Waals surface area contributed by atoms with Crippen molar-refractivity contribution >= 4 is 11.8 Å². The van der Waals surface area contributed by atoms with Crippen molar-refractivity contribution in [2.24, 2.45) is 51.6 Å². The molecule has 54 heavy (non-hydrogen) atoms. The van der Waals surface area contributed by atoms with Gasteiger partial charge in [0.25, 0.3) is 0 Å². The van der Waals surface area contributed by atoms with Gasteiger partial charge in [-0.25, -0.2) is 0 Å². The Morgan fingerprint density at radius 2 is 1.59 bits per heavy atom. The Morgan fingerprint density at radius 1 is 0.963 bits per heavy atom. The Labute approximate surface area is 342 Å². The topological polar surface area (TPSA) is 112 Å². The number of methoxy groups -OCH3 is 2. The molecule has 0 radical (unpaired) electrons. The van der Waals surface area contributed by atoms with E-state index >= 15 is 0 Å². The van der Waals surface area contributed by atoms with Crippen molar-refractivity contribution in [3.63, 3.8) is 0 Å². The third kappa shape index (κ3) is 13.4. The van der Waals surface area contributed by atoms with Crippen LogP contribution in [0.2, 0.25) is 0 Å². The van der Waals surface area contributed by atoms with Crippen LogP contribution in [0.5, 0.6) is 11.5 Å². The molecule has 1 aromatic carbocycles. The van der Waals surface area contributed by atoms with Crippen LogP contribution in [-0.4, -0.2) is 83.0 Å². The monoisotopic (exact) mass is 770 g/mol. The number of ether oxygens (including phenoxy) is 4. The molecule has 0 bridgehead atoms. The summed E-state index contributed by atoms with van der Waals surface area (Å²) in [5.74, 6) is -2.42. The van der Waals surface area contributed by atoms with Crippen LogP contribution < -0.4 is 20.5 Å². The van der Waals surface area contributed by atoms with E-state index in [1.54, 1.807) is 14.2 Å². The van der Waals surface area contributed by atoms with Crippen LogP contribution in [0.3, 0.4) is 0 Å². The maximum atomic E-state index is 14.6. The predicted molar refractivity (Wildman–Crippen MR) is 224 cm³/mol. The molecule has 0 aliphatic rings. The maximum Gasteiger partial charge on any atom is 0.224 e. The number of amides is 2. The SMILES string of the molecule is [2H]C([2H])([2H])C(C(N)=O)(C([2H])([2H])[2H])C([2H])([2H])NC(=O)[C@@H](C[C@H](OC)[C@](C)(C[C@](C)(Cc1cc(C)c(OCC)c(OCC(C)(C)COC)c1)C(CC)C(C)C)N(C)C)C(CC)C(C)C. The van der Waals surface area contributed by atoms with E-state index < -0.39 is 55.0 Å². The first kappa shape index (κ1) is 37.2. The van der Waals surface area contributed by atoms with Gasteiger partial charge in [0.1, 0.15) is 0 Å². The number of carbonyl (C=O) groups is 2. The lowest BCUT2D eigenvalue weighted by atomic mass is 9.60. The van der Waals surface area contributed by atoms with Crippen LogP contribution in [0.4, 0.5) is 0 Å². The molecule has 0 saturated carbocycles. The highest BCUT2D eigenvalue weighted by molar-refractivity contribution is 5.83. The van der Waals surface area contributed by atoms with Gasteiger partial charge in [0.2, 0.25) is 11.8 Å². The first-order valence-electron chi connectivity index (χ1n) is 23.8. The van der Waals surface area contributed by atoms with Crippen molar-refractivity contribution in [1.82, 2.24) is 10.2 Å². The Bertz CT molecular complexity index is 1590. The summed E-state index contributed by atoms with van der Waals surface area (Å²) in [4.78, 5) is 29.6. The van der Waals surface area contributed by atoms with Crippen LogP contribution in [0.15, 0.2) is 12.1 Å². The van der Waals surface area contributed by atoms with Crippen molar-refractivity contribution in [3.05, 3.63) is 23.3 Å². The molecular formula is C45H83N3O6. The number of hydrogen-bond acceptors (Lipinski definition) is 7. The summed E-state index contributed by atoms with van der Waals surface area (Å²) in [5.41, 5.74) is 2.38. The van der Waals surface area contributed by atoms with Gasteiger partial charge in [0.05, 0.1) is 34.1 Å². The Morgan fingerprint density at radius 3 is 2.04 bits per heavy atom. The standard InChI is InChI=1S/C45H83N3O6/c1-19-34(30(4)5)35(40(49)47-27-43(11,12)41(46)50)24-38(52-18)45(14,48(15)16)26-44(13,36(20-2)31(6)7)25-33-22-32(8)39(53-21-3)37(23-33)54-29-42(9,10)28-51-17/h22-23,30-31,34-36,38H,19-21,24-29H2,1-18H3,(H2,46,50)(H,47,49)/t34?,35-,36?,38-,44-,45-/m0/s1/i11D3,12D3,27D2. The largest absolute Gasteiger partial charge is 0.490 e. The quantitative estimate of drug-likeness (QED) is 0.0970. The third-order valence-electron chi connectivity index (χ3n) is 11.6. The molecule has 0 aliphatic heterocycles. The van der Waals surface area contributed by atoms with Crippen LogP contribution in [0, 0.1) is 52.8 Å². The van der Waals surface area contributed by atoms with E-state index in [9.17, 15) is 9.59 Å². The van der Waals surface area contributed by atoms with Crippen molar-refractivity contribution in [1.29, 1.82) is 0 Å². The van der Waals surface area contributed by atoms with E-state index in [0.29, 0.717) is 56.5 Å². The minimum absolute atomic E-state index is 0.0703. The van der Waals surface area contributed by atoms with E-state index in [1.165, 1.54) is 0 Å². The van der Waals surface area contributed by atoms with Gasteiger partial charge in [0.15, 0.2) is 11.5 Å². The van der Waals surface area contributed by atoms with Crippen LogP contribution in [-0.2, 0) is 25.5 Å². The zero-order valence-electron chi connectivity index (χ0n) is 44.7. The van der Waals surface area contributed by atoms with E-state index in [2.05, 4.69) is 70.8 Å². The highest BCUT2D eigenvalue weighted by atomic mass is 16.5. The summed E-state index contributed by atoms with van der Waals surface area (Å²) in [5, 5.41) is 2.12. The van der Waals surface area contributed by atoms with Gasteiger partial charge in [-0.05, 0) is 114 Å². The van der Waals surface area contributed by atoms with Crippen LogP contribution in [0.25, 0.3) is 0 Å². The second-order valence-electron chi connectivity index (χ2n) is 17.7. The summed E-state index contributed by atoms with van der Waals surface area (Å²) >= 11 is 0. The molecule has 9 heteroatoms. The summed E-state index contributed by atoms with van der Waals surface area (Å²) < 4.78 is 90.7. The lowest BCUT2D eigenvalue weighted by Crippen LogP contribution is -2.57. The van der Waals surface area contributed by atoms with E-state index in [-0.39, 0.29) is 35.0 Å². The number of likely N-dealkylation sites (N-methyl/N-ethyl adjacent to an activating group) is 1. The second kappa shape index (κ2) is 21.2. The lowest BCUT2D eigenvalue weighted by Gasteiger charge is -2.51. The summed E-state index contributed by atoms with van der Waals surface area (Å²) in [7, 11) is 7.20. The average molecular weight is 770 g/mol. The smallest absolute Gasteiger partial charge is 0.224 e. The normalized spacial score (nSPS) is 20.1. The molecule has 0 aliphatic carbocycles. The zero-order chi connectivity index (χ0) is 48.6. The number of aryl methyl sites for hydroxylation is 1. The van der Waals surface area contributed by atoms with Crippen LogP contribution >= 0.6 is 0 Å². The van der Waals surface area contributed by atoms with Gasteiger partial charge >= 0.3 is 0 Å². The fourth-order valence-electron chi connectivity index (χ4n) is 8.84. The lowest BCUT2D eigenvalue weighted by molar-refractivity contribution is -0.133. The summed E-state index contributed by atoms with van der Waals surface area (Å²) in [6, 6.07) is 4.25. The molecule has 6 atom stereocenters. The first-order chi connectivity index (χ1) is 28.1. The zero-order valence-corrected chi connectivity index (χ0v) is 36.7. The van der Waals surface area contributed by atoms with E-state index in [1.807, 2.05) is 48.7 Å². The number of nitrogens with one attached hydrogen (secondary N) is 1. The molecule has 9 nitrogen and oxygen atoms in total. The van der Waals surface area contributed by atoms with Crippen molar-refractivity contribution in [2.75, 3.05) is 54.6 Å². The number of primary amides is 1. The number of hydrogen-bond donors (Lipinski definition) is 2. The highest BCUT2D eigenvalue weighted by Gasteiger charge is 2.48. The van der Waals surface area contributed by atoms with E-state index in [4.69, 9.17) is 35.6 Å². The fourth-order valence-corrected chi connectivity index (χ4v) is 8.84. The number of rotatable bonds is 26. The predicted octanol–water partition coefficient (Wildman–Crippen LogP) is 8.72. The van der Waals surface area contributed by atoms with Gasteiger partial charge < -0.3 is 34.9 Å². The van der Waals surface area contributed by atoms with Gasteiger partial charge in [-0.2, -0.15) is 0 Å². The Kier molecular flexibility index (Phi) is 14.6. The summed E-state index contributed by atoms with van der Waals surface area (Å²) in [6.07, 6.45) is 2.07. The molecule has 0 heterocycles.